The van der Waals surface area contributed by atoms with Gasteiger partial charge in [0.05, 0.1) is 24.7 Å². The van der Waals surface area contributed by atoms with Crippen LogP contribution < -0.4 is 10.1 Å². The Balaban J connectivity index is 2.28. The summed E-state index contributed by atoms with van der Waals surface area (Å²) >= 11 is 17.4. The number of carbonyl (C=O) groups excluding carboxylic acids is 1. The fourth-order valence-electron chi connectivity index (χ4n) is 2.03. The molecule has 8 heteroatoms. The molecule has 1 N–H and O–H groups in total. The summed E-state index contributed by atoms with van der Waals surface area (Å²) in [4.78, 5) is 12.4. The monoisotopic (exact) mass is 564 g/mol. The second-order valence-corrected chi connectivity index (χ2v) is 7.83. The molecule has 0 bridgehead atoms. The Kier molecular flexibility index (Phi) is 7.77. The maximum absolute atomic E-state index is 12.4. The third-order valence-corrected chi connectivity index (χ3v) is 5.29. The Labute approximate surface area is 183 Å². The molecule has 0 aliphatic carbocycles. The van der Waals surface area contributed by atoms with E-state index < -0.39 is 5.91 Å². The van der Waals surface area contributed by atoms with E-state index in [0.717, 1.165) is 13.8 Å². The summed E-state index contributed by atoms with van der Waals surface area (Å²) in [6.45, 7) is 2.44. The van der Waals surface area contributed by atoms with Crippen LogP contribution in [0, 0.1) is 14.9 Å². The van der Waals surface area contributed by atoms with Gasteiger partial charge >= 0.3 is 0 Å². The predicted octanol–water partition coefficient (Wildman–Crippen LogP) is 6.30. The van der Waals surface area contributed by atoms with Gasteiger partial charge in [-0.25, -0.2) is 0 Å². The van der Waals surface area contributed by atoms with Crippen LogP contribution in [0.3, 0.4) is 0 Å². The normalized spacial score (nSPS) is 11.0. The van der Waals surface area contributed by atoms with Crippen molar-refractivity contribution < 1.29 is 9.53 Å². The van der Waals surface area contributed by atoms with E-state index in [1.165, 1.54) is 12.1 Å². The molecule has 0 fully saturated rings. The first kappa shape index (κ1) is 21.0. The van der Waals surface area contributed by atoms with E-state index in [0.29, 0.717) is 27.9 Å². The lowest BCUT2D eigenvalue weighted by atomic mass is 10.1. The highest BCUT2D eigenvalue weighted by atomic mass is 127. The van der Waals surface area contributed by atoms with Gasteiger partial charge in [0, 0.05) is 5.69 Å². The second-order valence-electron chi connectivity index (χ2n) is 5.00. The van der Waals surface area contributed by atoms with E-state index in [2.05, 4.69) is 43.8 Å². The van der Waals surface area contributed by atoms with Gasteiger partial charge in [0.1, 0.15) is 17.4 Å². The minimum absolute atomic E-state index is 0.0390. The Bertz CT molecular complexity index is 903. The summed E-state index contributed by atoms with van der Waals surface area (Å²) in [7, 11) is 0. The zero-order chi connectivity index (χ0) is 19.3. The molecular weight excluding hydrogens is 554 g/mol. The fraction of sp³-hybridized carbons (Fsp3) is 0.111. The molecule has 2 rings (SSSR count). The van der Waals surface area contributed by atoms with Crippen LogP contribution in [0.1, 0.15) is 12.5 Å². The molecule has 0 unspecified atom stereocenters. The van der Waals surface area contributed by atoms with Gasteiger partial charge in [0.25, 0.3) is 5.91 Å². The Morgan fingerprint density at radius 1 is 1.35 bits per heavy atom. The van der Waals surface area contributed by atoms with Gasteiger partial charge in [-0.15, -0.1) is 0 Å². The van der Waals surface area contributed by atoms with Crippen molar-refractivity contribution in [2.24, 2.45) is 0 Å². The van der Waals surface area contributed by atoms with E-state index in [1.54, 1.807) is 18.2 Å². The van der Waals surface area contributed by atoms with Crippen LogP contribution in [0.15, 0.2) is 40.4 Å². The average Bonchev–Trinajstić information content (AvgIpc) is 2.59. The van der Waals surface area contributed by atoms with Crippen molar-refractivity contribution in [3.63, 3.8) is 0 Å². The maximum atomic E-state index is 12.4. The van der Waals surface area contributed by atoms with Gasteiger partial charge in [-0.1, -0.05) is 23.2 Å². The third-order valence-electron chi connectivity index (χ3n) is 3.16. The predicted molar refractivity (Wildman–Crippen MR) is 117 cm³/mol. The molecule has 0 atom stereocenters. The number of hydrogen-bond acceptors (Lipinski definition) is 3. The van der Waals surface area contributed by atoms with E-state index in [4.69, 9.17) is 27.9 Å². The lowest BCUT2D eigenvalue weighted by Crippen LogP contribution is -2.13. The van der Waals surface area contributed by atoms with Crippen LogP contribution in [0.5, 0.6) is 5.75 Å². The molecule has 26 heavy (non-hydrogen) atoms. The smallest absolute Gasteiger partial charge is 0.266 e. The Hall–Kier alpha value is -1.27. The van der Waals surface area contributed by atoms with Gasteiger partial charge < -0.3 is 10.1 Å². The number of amides is 1. The molecule has 2 aromatic carbocycles. The number of anilines is 1. The van der Waals surface area contributed by atoms with Crippen molar-refractivity contribution in [2.75, 3.05) is 11.9 Å². The van der Waals surface area contributed by atoms with Crippen molar-refractivity contribution in [3.05, 3.63) is 59.6 Å². The van der Waals surface area contributed by atoms with Crippen LogP contribution in [0.4, 0.5) is 5.69 Å². The minimum Gasteiger partial charge on any atom is -0.492 e. The number of hydrogen-bond donors (Lipinski definition) is 1. The number of benzene rings is 2. The maximum Gasteiger partial charge on any atom is 0.266 e. The van der Waals surface area contributed by atoms with Gasteiger partial charge in [0.2, 0.25) is 0 Å². The third kappa shape index (κ3) is 5.36. The van der Waals surface area contributed by atoms with Crippen LogP contribution in [0.25, 0.3) is 6.08 Å². The molecular formula is C18H12BrCl2IN2O2. The highest BCUT2D eigenvalue weighted by Gasteiger charge is 2.13. The number of carbonyl (C=O) groups is 1. The molecule has 0 saturated heterocycles. The summed E-state index contributed by atoms with van der Waals surface area (Å²) in [5.74, 6) is 0.190. The van der Waals surface area contributed by atoms with E-state index in [9.17, 15) is 10.1 Å². The van der Waals surface area contributed by atoms with Crippen molar-refractivity contribution in [2.45, 2.75) is 6.92 Å². The standard InChI is InChI=1S/C18H12BrCl2IN2O2/c1-2-26-17-13(19)6-10(7-16(17)22)5-11(9-23)18(25)24-12-3-4-14(20)15(21)8-12/h3-8H,2H2,1H3,(H,24,25)/b11-5+. The largest absolute Gasteiger partial charge is 0.492 e. The SMILES string of the molecule is CCOc1c(Br)cc(/C=C(\C#N)C(=O)Nc2ccc(Cl)c(Cl)c2)cc1I. The average molecular weight is 566 g/mol. The van der Waals surface area contributed by atoms with Crippen LogP contribution in [-0.4, -0.2) is 12.5 Å². The van der Waals surface area contributed by atoms with E-state index in [-0.39, 0.29) is 5.57 Å². The summed E-state index contributed by atoms with van der Waals surface area (Å²) in [6, 6.07) is 10.2. The summed E-state index contributed by atoms with van der Waals surface area (Å²) in [5.41, 5.74) is 1.11. The van der Waals surface area contributed by atoms with E-state index >= 15 is 0 Å². The zero-order valence-corrected chi connectivity index (χ0v) is 18.7. The Morgan fingerprint density at radius 2 is 2.08 bits per heavy atom. The summed E-state index contributed by atoms with van der Waals surface area (Å²) in [5, 5.41) is 12.7. The topological polar surface area (TPSA) is 62.1 Å². The molecule has 0 radical (unpaired) electrons. The van der Waals surface area contributed by atoms with Crippen LogP contribution in [-0.2, 0) is 4.79 Å². The Morgan fingerprint density at radius 3 is 2.65 bits per heavy atom. The number of rotatable bonds is 5. The zero-order valence-electron chi connectivity index (χ0n) is 13.4. The minimum atomic E-state index is -0.536. The first-order valence-corrected chi connectivity index (χ1v) is 9.98. The molecule has 0 aliphatic heterocycles. The lowest BCUT2D eigenvalue weighted by Gasteiger charge is -2.10. The second kappa shape index (κ2) is 9.60. The molecule has 4 nitrogen and oxygen atoms in total. The first-order valence-electron chi connectivity index (χ1n) is 7.35. The lowest BCUT2D eigenvalue weighted by molar-refractivity contribution is -0.112. The molecule has 134 valence electrons. The number of halogens is 4. The van der Waals surface area contributed by atoms with Gasteiger partial charge in [0.15, 0.2) is 0 Å². The molecule has 0 saturated carbocycles. The highest BCUT2D eigenvalue weighted by molar-refractivity contribution is 14.1. The van der Waals surface area contributed by atoms with E-state index in [1.807, 2.05) is 19.1 Å². The highest BCUT2D eigenvalue weighted by Crippen LogP contribution is 2.33. The van der Waals surface area contributed by atoms with Gasteiger partial charge in [-0.05, 0) is 87.4 Å². The molecule has 0 heterocycles. The first-order chi connectivity index (χ1) is 12.3. The summed E-state index contributed by atoms with van der Waals surface area (Å²) < 4.78 is 7.18. The van der Waals surface area contributed by atoms with Crippen molar-refractivity contribution in [1.29, 1.82) is 5.26 Å². The molecule has 1 amide bonds. The molecule has 0 spiro atoms. The summed E-state index contributed by atoms with van der Waals surface area (Å²) in [6.07, 6.45) is 1.51. The quantitative estimate of drug-likeness (QED) is 0.263. The van der Waals surface area contributed by atoms with Gasteiger partial charge in [-0.2, -0.15) is 5.26 Å². The molecule has 0 aliphatic rings. The van der Waals surface area contributed by atoms with Crippen LogP contribution in [0.2, 0.25) is 10.0 Å². The van der Waals surface area contributed by atoms with Crippen molar-refractivity contribution in [1.82, 2.24) is 0 Å². The number of nitrogens with one attached hydrogen (secondary N) is 1. The number of nitrogens with zero attached hydrogens (tertiary/aromatic N) is 1. The van der Waals surface area contributed by atoms with Gasteiger partial charge in [-0.3, -0.25) is 4.79 Å². The fourth-order valence-corrected chi connectivity index (χ4v) is 4.10. The number of nitriles is 1. The number of ether oxygens (including phenoxy) is 1. The molecule has 2 aromatic rings. The van der Waals surface area contributed by atoms with Crippen LogP contribution >= 0.6 is 61.7 Å². The molecule has 0 aromatic heterocycles. The van der Waals surface area contributed by atoms with Crippen molar-refractivity contribution >= 4 is 79.4 Å². The van der Waals surface area contributed by atoms with Crippen molar-refractivity contribution in [3.8, 4) is 11.8 Å².